The van der Waals surface area contributed by atoms with Crippen molar-refractivity contribution in [2.75, 3.05) is 0 Å². The van der Waals surface area contributed by atoms with E-state index in [1.807, 2.05) is 29.8 Å². The van der Waals surface area contributed by atoms with Crippen LogP contribution >= 0.6 is 11.5 Å². The molecule has 0 unspecified atom stereocenters. The van der Waals surface area contributed by atoms with Crippen LogP contribution in [0, 0.1) is 0 Å². The lowest BCUT2D eigenvalue weighted by Crippen LogP contribution is -1.80. The van der Waals surface area contributed by atoms with Crippen LogP contribution in [0.25, 0.3) is 21.8 Å². The molecule has 0 bridgehead atoms. The van der Waals surface area contributed by atoms with E-state index in [0.717, 1.165) is 21.8 Å². The number of benzene rings is 1. The normalized spacial score (nSPS) is 11.1. The minimum atomic E-state index is 0.907. The fourth-order valence-electron chi connectivity index (χ4n) is 1.43. The molecular formula is C9H5N3S. The van der Waals surface area contributed by atoms with Crippen LogP contribution in [0.4, 0.5) is 0 Å². The highest BCUT2D eigenvalue weighted by Crippen LogP contribution is 2.22. The average molecular weight is 187 g/mol. The van der Waals surface area contributed by atoms with Crippen molar-refractivity contribution in [3.05, 3.63) is 29.8 Å². The van der Waals surface area contributed by atoms with Gasteiger partial charge in [0, 0.05) is 22.3 Å². The molecule has 2 heterocycles. The molecule has 0 radical (unpaired) electrons. The van der Waals surface area contributed by atoms with E-state index in [0.29, 0.717) is 0 Å². The molecular weight excluding hydrogens is 182 g/mol. The monoisotopic (exact) mass is 187 g/mol. The number of hydrogen-bond donors (Lipinski definition) is 0. The van der Waals surface area contributed by atoms with E-state index in [4.69, 9.17) is 0 Å². The first-order valence-electron chi connectivity index (χ1n) is 3.90. The summed E-state index contributed by atoms with van der Waals surface area (Å²) in [5, 5.41) is 8.27. The number of nitrogens with zero attached hydrogens (tertiary/aromatic N) is 3. The van der Waals surface area contributed by atoms with Gasteiger partial charge in [-0.15, -0.1) is 5.10 Å². The third-order valence-electron chi connectivity index (χ3n) is 2.05. The van der Waals surface area contributed by atoms with Gasteiger partial charge < -0.3 is 0 Å². The van der Waals surface area contributed by atoms with E-state index in [9.17, 15) is 0 Å². The topological polar surface area (TPSA) is 38.7 Å². The van der Waals surface area contributed by atoms with Gasteiger partial charge in [-0.25, -0.2) is 0 Å². The first-order valence-corrected chi connectivity index (χ1v) is 4.73. The zero-order chi connectivity index (χ0) is 8.67. The lowest BCUT2D eigenvalue weighted by atomic mass is 10.2. The van der Waals surface area contributed by atoms with E-state index in [-0.39, 0.29) is 0 Å². The van der Waals surface area contributed by atoms with Crippen LogP contribution in [0.5, 0.6) is 0 Å². The number of fused-ring (bicyclic) bond motifs is 3. The molecule has 0 amide bonds. The molecule has 0 fully saturated rings. The van der Waals surface area contributed by atoms with Gasteiger partial charge in [-0.1, -0.05) is 10.6 Å². The maximum absolute atomic E-state index is 4.29. The van der Waals surface area contributed by atoms with Gasteiger partial charge in [0.1, 0.15) is 0 Å². The fourth-order valence-corrected chi connectivity index (χ4v) is 1.95. The van der Waals surface area contributed by atoms with Gasteiger partial charge in [0.2, 0.25) is 0 Å². The molecule has 0 aliphatic carbocycles. The molecule has 3 nitrogen and oxygen atoms in total. The van der Waals surface area contributed by atoms with Crippen LogP contribution < -0.4 is 0 Å². The number of aromatic nitrogens is 3. The van der Waals surface area contributed by atoms with Gasteiger partial charge in [-0.3, -0.25) is 4.98 Å². The molecule has 3 aromatic rings. The molecule has 0 aliphatic heterocycles. The van der Waals surface area contributed by atoms with Crippen molar-refractivity contribution in [1.82, 2.24) is 14.6 Å². The molecule has 0 saturated carbocycles. The lowest BCUT2D eigenvalue weighted by Gasteiger charge is -1.94. The molecule has 13 heavy (non-hydrogen) atoms. The van der Waals surface area contributed by atoms with Crippen molar-refractivity contribution in [2.24, 2.45) is 0 Å². The van der Waals surface area contributed by atoms with Gasteiger partial charge in [0.05, 0.1) is 11.0 Å². The zero-order valence-electron chi connectivity index (χ0n) is 6.64. The summed E-state index contributed by atoms with van der Waals surface area (Å²) in [6.07, 6.45) is 1.81. The van der Waals surface area contributed by atoms with Gasteiger partial charge >= 0.3 is 0 Å². The van der Waals surface area contributed by atoms with E-state index >= 15 is 0 Å². The molecule has 0 spiro atoms. The highest BCUT2D eigenvalue weighted by Gasteiger charge is 2.01. The lowest BCUT2D eigenvalue weighted by molar-refractivity contribution is 1.18. The van der Waals surface area contributed by atoms with Crippen LogP contribution in [-0.4, -0.2) is 14.6 Å². The maximum Gasteiger partial charge on any atom is 0.0970 e. The Hall–Kier alpha value is -1.55. The van der Waals surface area contributed by atoms with E-state index in [2.05, 4.69) is 14.6 Å². The Kier molecular flexibility index (Phi) is 1.31. The SMILES string of the molecule is c1cc2ccc3nnscc3c2n1. The smallest absolute Gasteiger partial charge is 0.0970 e. The number of hydrogen-bond acceptors (Lipinski definition) is 4. The predicted octanol–water partition coefficient (Wildman–Crippen LogP) is 2.24. The second-order valence-electron chi connectivity index (χ2n) is 2.79. The van der Waals surface area contributed by atoms with Crippen molar-refractivity contribution in [3.8, 4) is 0 Å². The Morgan fingerprint density at radius 3 is 3.15 bits per heavy atom. The summed E-state index contributed by atoms with van der Waals surface area (Å²) in [5.74, 6) is 0. The third kappa shape index (κ3) is 0.922. The summed E-state index contributed by atoms with van der Waals surface area (Å²) in [6.45, 7) is 0. The number of rotatable bonds is 0. The van der Waals surface area contributed by atoms with Gasteiger partial charge in [-0.2, -0.15) is 0 Å². The Balaban J connectivity index is 2.65. The summed E-state index contributed by atoms with van der Waals surface area (Å²) in [7, 11) is 0. The summed E-state index contributed by atoms with van der Waals surface area (Å²) in [6, 6.07) is 5.99. The van der Waals surface area contributed by atoms with E-state index in [1.165, 1.54) is 11.5 Å². The molecule has 3 rings (SSSR count). The Labute approximate surface area is 78.2 Å². The largest absolute Gasteiger partial charge is 0.255 e. The highest BCUT2D eigenvalue weighted by molar-refractivity contribution is 7.03. The van der Waals surface area contributed by atoms with Crippen LogP contribution in [0.2, 0.25) is 0 Å². The highest BCUT2D eigenvalue weighted by atomic mass is 32.1. The molecule has 0 N–H and O–H groups in total. The van der Waals surface area contributed by atoms with Crippen molar-refractivity contribution in [1.29, 1.82) is 0 Å². The molecule has 0 saturated heterocycles. The van der Waals surface area contributed by atoms with Crippen LogP contribution in [0.1, 0.15) is 0 Å². The molecule has 0 atom stereocenters. The Morgan fingerprint density at radius 1 is 1.15 bits per heavy atom. The zero-order valence-corrected chi connectivity index (χ0v) is 7.45. The second kappa shape index (κ2) is 2.47. The predicted molar refractivity (Wildman–Crippen MR) is 52.7 cm³/mol. The van der Waals surface area contributed by atoms with Gasteiger partial charge in [-0.05, 0) is 23.7 Å². The molecule has 1 aromatic carbocycles. The summed E-state index contributed by atoms with van der Waals surface area (Å²) < 4.78 is 3.87. The van der Waals surface area contributed by atoms with E-state index in [1.54, 1.807) is 0 Å². The standard InChI is InChI=1S/C9H5N3S/c1-2-8-7(5-13-12-11-8)9-6(1)3-4-10-9/h1-5H. The quantitative estimate of drug-likeness (QED) is 0.541. The maximum atomic E-state index is 4.29. The summed E-state index contributed by atoms with van der Waals surface area (Å²) in [5.41, 5.74) is 1.92. The molecule has 62 valence electrons. The van der Waals surface area contributed by atoms with Crippen molar-refractivity contribution >= 4 is 33.3 Å². The Bertz CT molecular complexity index is 573. The minimum Gasteiger partial charge on any atom is -0.255 e. The molecule has 2 aromatic heterocycles. The van der Waals surface area contributed by atoms with Gasteiger partial charge in [0.25, 0.3) is 0 Å². The van der Waals surface area contributed by atoms with E-state index < -0.39 is 0 Å². The molecule has 4 heteroatoms. The van der Waals surface area contributed by atoms with Crippen LogP contribution in [0.15, 0.2) is 29.8 Å². The molecule has 0 aliphatic rings. The van der Waals surface area contributed by atoms with Gasteiger partial charge in [0.15, 0.2) is 0 Å². The first kappa shape index (κ1) is 6.91. The van der Waals surface area contributed by atoms with Crippen molar-refractivity contribution in [3.63, 3.8) is 0 Å². The van der Waals surface area contributed by atoms with Crippen LogP contribution in [-0.2, 0) is 0 Å². The van der Waals surface area contributed by atoms with Crippen molar-refractivity contribution in [2.45, 2.75) is 0 Å². The average Bonchev–Trinajstić information content (AvgIpc) is 2.65. The van der Waals surface area contributed by atoms with Crippen molar-refractivity contribution < 1.29 is 0 Å². The fraction of sp³-hybridized carbons (Fsp3) is 0. The third-order valence-corrected chi connectivity index (χ3v) is 2.57. The summed E-state index contributed by atoms with van der Waals surface area (Å²) in [4.78, 5) is 4.29. The minimum absolute atomic E-state index is 0.907. The van der Waals surface area contributed by atoms with Crippen LogP contribution in [0.3, 0.4) is 0 Å². The second-order valence-corrected chi connectivity index (χ2v) is 3.40. The Morgan fingerprint density at radius 2 is 2.15 bits per heavy atom. The summed E-state index contributed by atoms with van der Waals surface area (Å²) >= 11 is 1.35. The first-order chi connectivity index (χ1) is 6.45.